The van der Waals surface area contributed by atoms with Crippen LogP contribution in [-0.4, -0.2) is 55.5 Å². The first-order valence-corrected chi connectivity index (χ1v) is 10.2. The number of terminal acetylenes is 1. The van der Waals surface area contributed by atoms with E-state index in [1.165, 1.54) is 18.3 Å². The van der Waals surface area contributed by atoms with Crippen LogP contribution in [0.1, 0.15) is 28.9 Å². The Balaban J connectivity index is 1.57. The summed E-state index contributed by atoms with van der Waals surface area (Å²) < 4.78 is 4.69. The quantitative estimate of drug-likeness (QED) is 0.194. The maximum Gasteiger partial charge on any atom is 0.326 e. The van der Waals surface area contributed by atoms with Crippen LogP contribution in [0.25, 0.3) is 11.2 Å². The van der Waals surface area contributed by atoms with Crippen LogP contribution in [0.2, 0.25) is 0 Å². The molecule has 3 aromatic rings. The van der Waals surface area contributed by atoms with E-state index >= 15 is 0 Å². The number of aromatic amines is 1. The van der Waals surface area contributed by atoms with Crippen molar-refractivity contribution < 1.29 is 24.2 Å². The van der Waals surface area contributed by atoms with Crippen LogP contribution in [0.4, 0.5) is 11.6 Å². The molecule has 2 aromatic heterocycles. The number of nitrogens with zero attached hydrogens (tertiary/aromatic N) is 3. The van der Waals surface area contributed by atoms with E-state index in [0.717, 1.165) is 0 Å². The number of fused-ring (bicyclic) bond motifs is 1. The number of nitrogens with two attached hydrogens (primary N) is 1. The number of rotatable bonds is 10. The molecule has 13 heteroatoms. The molecule has 2 heterocycles. The zero-order valence-electron chi connectivity index (χ0n) is 18.3. The number of H-pyrrole nitrogens is 1. The minimum atomic E-state index is -1.28. The Hall–Kier alpha value is -4.99. The highest BCUT2D eigenvalue weighted by Crippen LogP contribution is 2.12. The lowest BCUT2D eigenvalue weighted by Gasteiger charge is -2.14. The van der Waals surface area contributed by atoms with Gasteiger partial charge in [0.1, 0.15) is 6.04 Å². The van der Waals surface area contributed by atoms with Gasteiger partial charge < -0.3 is 26.2 Å². The van der Waals surface area contributed by atoms with Gasteiger partial charge in [-0.2, -0.15) is 4.98 Å². The number of carboxylic acid groups (broad SMARTS) is 1. The number of carbonyl (C=O) groups excluding carboxylic acids is 2. The van der Waals surface area contributed by atoms with Crippen LogP contribution >= 0.6 is 0 Å². The Morgan fingerprint density at radius 3 is 2.66 bits per heavy atom. The van der Waals surface area contributed by atoms with Crippen molar-refractivity contribution >= 4 is 40.6 Å². The van der Waals surface area contributed by atoms with Gasteiger partial charge in [0.25, 0.3) is 11.5 Å². The molecule has 1 atom stereocenters. The van der Waals surface area contributed by atoms with Crippen molar-refractivity contribution in [2.24, 2.45) is 0 Å². The first kappa shape index (κ1) is 24.6. The molecule has 3 rings (SSSR count). The van der Waals surface area contributed by atoms with Crippen molar-refractivity contribution in [2.45, 2.75) is 25.4 Å². The lowest BCUT2D eigenvalue weighted by atomic mass is 10.1. The molecule has 0 saturated carbocycles. The molecule has 13 nitrogen and oxygen atoms in total. The van der Waals surface area contributed by atoms with E-state index in [2.05, 4.69) is 41.2 Å². The lowest BCUT2D eigenvalue weighted by Crippen LogP contribution is -2.41. The molecule has 0 saturated heterocycles. The van der Waals surface area contributed by atoms with Gasteiger partial charge in [0.05, 0.1) is 18.4 Å². The summed E-state index contributed by atoms with van der Waals surface area (Å²) in [7, 11) is 0. The second-order valence-corrected chi connectivity index (χ2v) is 7.18. The van der Waals surface area contributed by atoms with Crippen molar-refractivity contribution in [3.63, 3.8) is 0 Å². The van der Waals surface area contributed by atoms with E-state index < -0.39 is 29.4 Å². The van der Waals surface area contributed by atoms with E-state index in [0.29, 0.717) is 11.4 Å². The Kier molecular flexibility index (Phi) is 7.91. The summed E-state index contributed by atoms with van der Waals surface area (Å²) in [5, 5.41) is 14.8. The number of benzene rings is 1. The molecular weight excluding hydrogens is 458 g/mol. The summed E-state index contributed by atoms with van der Waals surface area (Å²) in [5.41, 5.74) is 6.51. The van der Waals surface area contributed by atoms with Gasteiger partial charge in [-0.05, 0) is 30.7 Å². The average Bonchev–Trinajstić information content (AvgIpc) is 2.84. The first-order chi connectivity index (χ1) is 16.8. The van der Waals surface area contributed by atoms with Gasteiger partial charge in [0.2, 0.25) is 5.95 Å². The third-order valence-electron chi connectivity index (χ3n) is 4.66. The zero-order valence-corrected chi connectivity index (χ0v) is 18.3. The van der Waals surface area contributed by atoms with Gasteiger partial charge in [0, 0.05) is 17.7 Å². The smallest absolute Gasteiger partial charge is 0.326 e. The Morgan fingerprint density at radius 1 is 1.23 bits per heavy atom. The number of carbonyl (C=O) groups is 3. The van der Waals surface area contributed by atoms with Crippen LogP contribution in [0.5, 0.6) is 0 Å². The highest BCUT2D eigenvalue weighted by Gasteiger charge is 2.22. The maximum atomic E-state index is 12.4. The maximum absolute atomic E-state index is 12.4. The fraction of sp³-hybridized carbons (Fsp3) is 0.227. The normalized spacial score (nSPS) is 11.3. The van der Waals surface area contributed by atoms with E-state index in [9.17, 15) is 24.3 Å². The summed E-state index contributed by atoms with van der Waals surface area (Å²) in [6, 6.07) is 4.96. The highest BCUT2D eigenvalue weighted by molar-refractivity contribution is 5.97. The lowest BCUT2D eigenvalue weighted by molar-refractivity contribution is -0.143. The van der Waals surface area contributed by atoms with Gasteiger partial charge in [-0.3, -0.25) is 19.4 Å². The Morgan fingerprint density at radius 2 is 1.97 bits per heavy atom. The predicted molar refractivity (Wildman–Crippen MR) is 124 cm³/mol. The molecule has 180 valence electrons. The number of carboxylic acids is 1. The van der Waals surface area contributed by atoms with Crippen molar-refractivity contribution in [3.8, 4) is 12.3 Å². The topological polar surface area (TPSA) is 202 Å². The van der Waals surface area contributed by atoms with Crippen molar-refractivity contribution in [3.05, 3.63) is 52.1 Å². The zero-order chi connectivity index (χ0) is 25.4. The molecule has 1 aromatic carbocycles. The fourth-order valence-corrected chi connectivity index (χ4v) is 2.94. The number of nitrogen functional groups attached to an aromatic ring is 1. The van der Waals surface area contributed by atoms with Crippen LogP contribution < -0.4 is 21.9 Å². The number of aromatic nitrogens is 4. The number of ether oxygens (including phenoxy) is 1. The SMILES string of the molecule is C#CCOC(=O)CCC(NC(=O)c1ccc(NCc2cnc3nc(N)[nH]c(=O)c3n2)cc1)C(=O)O. The van der Waals surface area contributed by atoms with Gasteiger partial charge in [-0.1, -0.05) is 5.92 Å². The predicted octanol–water partition coefficient (Wildman–Crippen LogP) is 0.0470. The number of esters is 1. The van der Waals surface area contributed by atoms with Crippen molar-refractivity contribution in [1.29, 1.82) is 0 Å². The molecule has 0 spiro atoms. The molecule has 1 amide bonds. The molecular formula is C22H21N7O6. The minimum Gasteiger partial charge on any atom is -0.480 e. The van der Waals surface area contributed by atoms with Gasteiger partial charge in [-0.15, -0.1) is 6.42 Å². The van der Waals surface area contributed by atoms with Crippen LogP contribution in [0.3, 0.4) is 0 Å². The number of hydrogen-bond acceptors (Lipinski definition) is 10. The van der Waals surface area contributed by atoms with Gasteiger partial charge >= 0.3 is 11.9 Å². The number of hydrogen-bond donors (Lipinski definition) is 5. The minimum absolute atomic E-state index is 0.0518. The summed E-state index contributed by atoms with van der Waals surface area (Å²) in [6.45, 7) is 0.0243. The largest absolute Gasteiger partial charge is 0.480 e. The van der Waals surface area contributed by atoms with Crippen LogP contribution in [0.15, 0.2) is 35.3 Å². The average molecular weight is 479 g/mol. The molecule has 0 aliphatic carbocycles. The Bertz CT molecular complexity index is 1350. The number of nitrogens with one attached hydrogen (secondary N) is 3. The summed E-state index contributed by atoms with van der Waals surface area (Å²) in [4.78, 5) is 61.9. The van der Waals surface area contributed by atoms with E-state index in [-0.39, 0.29) is 48.7 Å². The molecule has 0 fully saturated rings. The molecule has 0 aliphatic heterocycles. The molecule has 35 heavy (non-hydrogen) atoms. The monoisotopic (exact) mass is 479 g/mol. The van der Waals surface area contributed by atoms with Crippen LogP contribution in [0, 0.1) is 12.3 Å². The molecule has 1 unspecified atom stereocenters. The summed E-state index contributed by atoms with van der Waals surface area (Å²) >= 11 is 0. The van der Waals surface area contributed by atoms with Gasteiger partial charge in [0.15, 0.2) is 17.8 Å². The first-order valence-electron chi connectivity index (χ1n) is 10.2. The second-order valence-electron chi connectivity index (χ2n) is 7.18. The van der Waals surface area contributed by atoms with Crippen molar-refractivity contribution in [1.82, 2.24) is 25.3 Å². The summed E-state index contributed by atoms with van der Waals surface area (Å²) in [5.74, 6) is -0.470. The summed E-state index contributed by atoms with van der Waals surface area (Å²) in [6.07, 6.45) is 6.08. The highest BCUT2D eigenvalue weighted by atomic mass is 16.5. The van der Waals surface area contributed by atoms with Gasteiger partial charge in [-0.25, -0.2) is 14.8 Å². The third-order valence-corrected chi connectivity index (χ3v) is 4.66. The van der Waals surface area contributed by atoms with E-state index in [4.69, 9.17) is 12.2 Å². The second kappa shape index (κ2) is 11.2. The molecule has 0 radical (unpaired) electrons. The number of aliphatic carboxylic acids is 1. The standard InChI is InChI=1S/C22H21N7O6/c1-2-9-35-16(30)8-7-15(21(33)34)27-19(31)12-3-5-13(6-4-12)24-10-14-11-25-18-17(26-14)20(32)29-22(23)28-18/h1,3-6,11,15,24H,7-10H2,(H,27,31)(H,33,34)(H3,23,25,28,29,32). The Labute approximate surface area is 198 Å². The number of anilines is 2. The molecule has 6 N–H and O–H groups in total. The van der Waals surface area contributed by atoms with E-state index in [1.807, 2.05) is 0 Å². The van der Waals surface area contributed by atoms with E-state index in [1.54, 1.807) is 12.1 Å². The fourth-order valence-electron chi connectivity index (χ4n) is 2.94. The van der Waals surface area contributed by atoms with Crippen LogP contribution in [-0.2, 0) is 20.9 Å². The number of amides is 1. The van der Waals surface area contributed by atoms with Crippen molar-refractivity contribution in [2.75, 3.05) is 17.7 Å². The third kappa shape index (κ3) is 6.75. The molecule has 0 aliphatic rings. The molecule has 0 bridgehead atoms.